The highest BCUT2D eigenvalue weighted by Crippen LogP contribution is 2.21. The van der Waals surface area contributed by atoms with Crippen LogP contribution in [0.4, 0.5) is 0 Å². The molecule has 0 radical (unpaired) electrons. The van der Waals surface area contributed by atoms with Crippen molar-refractivity contribution in [2.45, 2.75) is 13.3 Å². The van der Waals surface area contributed by atoms with Crippen LogP contribution in [0.5, 0.6) is 0 Å². The Balaban J connectivity index is 4.58. The molecule has 0 bridgehead atoms. The summed E-state index contributed by atoms with van der Waals surface area (Å²) in [4.78, 5) is 21.1. The maximum absolute atomic E-state index is 10.6. The zero-order valence-electron chi connectivity index (χ0n) is 6.78. The number of hydrogen-bond acceptors (Lipinski definition) is 4. The van der Waals surface area contributed by atoms with Crippen LogP contribution in [-0.2, 0) is 9.59 Å². The highest BCUT2D eigenvalue weighted by Gasteiger charge is 2.38. The Morgan fingerprint density at radius 3 is 1.75 bits per heavy atom. The minimum absolute atomic E-state index is 0.352. The van der Waals surface area contributed by atoms with Crippen LogP contribution in [0.3, 0.4) is 0 Å². The third-order valence-electron chi connectivity index (χ3n) is 1.65. The Labute approximate surface area is 69.6 Å². The summed E-state index contributed by atoms with van der Waals surface area (Å²) in [5.74, 6) is -1.73. The fraction of sp³-hybridized carbons (Fsp3) is 0.714. The quantitative estimate of drug-likeness (QED) is 0.500. The van der Waals surface area contributed by atoms with Crippen molar-refractivity contribution in [1.29, 1.82) is 0 Å². The Hall–Kier alpha value is -0.940. The lowest BCUT2D eigenvalue weighted by Crippen LogP contribution is -2.40. The van der Waals surface area contributed by atoms with Crippen molar-refractivity contribution in [3.63, 3.8) is 0 Å². The van der Waals surface area contributed by atoms with Gasteiger partial charge in [0.05, 0.1) is 13.2 Å². The minimum atomic E-state index is -1.72. The van der Waals surface area contributed by atoms with E-state index in [1.54, 1.807) is 0 Å². The zero-order chi connectivity index (χ0) is 9.78. The van der Waals surface area contributed by atoms with E-state index in [0.717, 1.165) is 0 Å². The first kappa shape index (κ1) is 11.1. The number of carbonyl (C=O) groups is 2. The van der Waals surface area contributed by atoms with Gasteiger partial charge >= 0.3 is 5.97 Å². The van der Waals surface area contributed by atoms with Crippen LogP contribution >= 0.6 is 0 Å². The molecule has 0 aromatic heterocycles. The summed E-state index contributed by atoms with van der Waals surface area (Å²) in [6.07, 6.45) is -0.352. The Morgan fingerprint density at radius 1 is 1.25 bits per heavy atom. The SMILES string of the molecule is CC(=O)CC(CO)(CO)C(=O)O. The molecule has 0 heterocycles. The molecule has 3 N–H and O–H groups in total. The molecule has 0 aromatic carbocycles. The van der Waals surface area contributed by atoms with Crippen LogP contribution < -0.4 is 0 Å². The molecule has 0 fully saturated rings. The predicted molar refractivity (Wildman–Crippen MR) is 39.5 cm³/mol. The van der Waals surface area contributed by atoms with Gasteiger partial charge in [-0.3, -0.25) is 9.59 Å². The zero-order valence-corrected chi connectivity index (χ0v) is 6.78. The minimum Gasteiger partial charge on any atom is -0.481 e. The van der Waals surface area contributed by atoms with Gasteiger partial charge in [-0.1, -0.05) is 0 Å². The lowest BCUT2D eigenvalue weighted by Gasteiger charge is -2.22. The molecule has 0 aliphatic carbocycles. The second kappa shape index (κ2) is 4.18. The molecule has 12 heavy (non-hydrogen) atoms. The largest absolute Gasteiger partial charge is 0.481 e. The van der Waals surface area contributed by atoms with Gasteiger partial charge in [0.25, 0.3) is 0 Å². The number of carbonyl (C=O) groups excluding carboxylic acids is 1. The van der Waals surface area contributed by atoms with E-state index >= 15 is 0 Å². The van der Waals surface area contributed by atoms with Crippen LogP contribution in [-0.4, -0.2) is 40.3 Å². The van der Waals surface area contributed by atoms with Crippen molar-refractivity contribution in [3.05, 3.63) is 0 Å². The number of carboxylic acid groups (broad SMARTS) is 1. The van der Waals surface area contributed by atoms with Gasteiger partial charge in [-0.15, -0.1) is 0 Å². The summed E-state index contributed by atoms with van der Waals surface area (Å²) in [7, 11) is 0. The third-order valence-corrected chi connectivity index (χ3v) is 1.65. The average molecular weight is 176 g/mol. The highest BCUT2D eigenvalue weighted by molar-refractivity contribution is 5.85. The first-order chi connectivity index (χ1) is 5.48. The van der Waals surface area contributed by atoms with Crippen molar-refractivity contribution in [1.82, 2.24) is 0 Å². The molecule has 5 heteroatoms. The maximum atomic E-state index is 10.6. The molecular weight excluding hydrogens is 164 g/mol. The van der Waals surface area contributed by atoms with E-state index in [4.69, 9.17) is 15.3 Å². The fourth-order valence-corrected chi connectivity index (χ4v) is 0.849. The summed E-state index contributed by atoms with van der Waals surface area (Å²) in [5.41, 5.74) is -1.72. The summed E-state index contributed by atoms with van der Waals surface area (Å²) in [5, 5.41) is 26.0. The Kier molecular flexibility index (Phi) is 3.85. The Morgan fingerprint density at radius 2 is 1.67 bits per heavy atom. The molecule has 0 aliphatic rings. The van der Waals surface area contributed by atoms with Crippen LogP contribution in [0.2, 0.25) is 0 Å². The summed E-state index contributed by atoms with van der Waals surface area (Å²) >= 11 is 0. The van der Waals surface area contributed by atoms with E-state index in [0.29, 0.717) is 0 Å². The van der Waals surface area contributed by atoms with Crippen LogP contribution in [0.15, 0.2) is 0 Å². The molecule has 0 aromatic rings. The van der Waals surface area contributed by atoms with E-state index in [1.807, 2.05) is 0 Å². The number of rotatable bonds is 5. The predicted octanol–water partition coefficient (Wildman–Crippen LogP) is -0.979. The molecule has 5 nitrogen and oxygen atoms in total. The first-order valence-corrected chi connectivity index (χ1v) is 3.43. The van der Waals surface area contributed by atoms with Gasteiger partial charge in [-0.25, -0.2) is 0 Å². The summed E-state index contributed by atoms with van der Waals surface area (Å²) in [6.45, 7) is -0.264. The number of aliphatic carboxylic acids is 1. The van der Waals surface area contributed by atoms with E-state index in [9.17, 15) is 9.59 Å². The standard InChI is InChI=1S/C7H12O5/c1-5(10)2-7(3-8,4-9)6(11)12/h8-9H,2-4H2,1H3,(H,11,12). The molecule has 0 saturated carbocycles. The first-order valence-electron chi connectivity index (χ1n) is 3.43. The number of aliphatic hydroxyl groups is 2. The van der Waals surface area contributed by atoms with Crippen molar-refractivity contribution in [3.8, 4) is 0 Å². The van der Waals surface area contributed by atoms with Crippen molar-refractivity contribution < 1.29 is 24.9 Å². The topological polar surface area (TPSA) is 94.8 Å². The van der Waals surface area contributed by atoms with Crippen molar-refractivity contribution in [2.24, 2.45) is 5.41 Å². The van der Waals surface area contributed by atoms with Gasteiger partial charge in [0, 0.05) is 6.42 Å². The second-order valence-corrected chi connectivity index (χ2v) is 2.78. The third kappa shape index (κ3) is 2.28. The molecule has 0 amide bonds. The van der Waals surface area contributed by atoms with Gasteiger partial charge in [0.2, 0.25) is 0 Å². The number of Topliss-reactive ketones (excluding diaryl/α,β-unsaturated/α-hetero) is 1. The number of ketones is 1. The normalized spacial score (nSPS) is 11.2. The smallest absolute Gasteiger partial charge is 0.314 e. The van der Waals surface area contributed by atoms with Gasteiger partial charge in [0.1, 0.15) is 11.2 Å². The average Bonchev–Trinajstić information content (AvgIpc) is 1.99. The lowest BCUT2D eigenvalue weighted by molar-refractivity contribution is -0.157. The molecule has 0 saturated heterocycles. The van der Waals surface area contributed by atoms with E-state index in [-0.39, 0.29) is 12.2 Å². The molecule has 0 spiro atoms. The summed E-state index contributed by atoms with van der Waals surface area (Å²) in [6, 6.07) is 0. The summed E-state index contributed by atoms with van der Waals surface area (Å²) < 4.78 is 0. The number of hydrogen-bond donors (Lipinski definition) is 3. The fourth-order valence-electron chi connectivity index (χ4n) is 0.849. The molecule has 0 atom stereocenters. The molecular formula is C7H12O5. The van der Waals surface area contributed by atoms with Crippen molar-refractivity contribution >= 4 is 11.8 Å². The molecule has 0 rings (SSSR count). The molecule has 0 aliphatic heterocycles. The van der Waals surface area contributed by atoms with Gasteiger partial charge in [-0.2, -0.15) is 0 Å². The van der Waals surface area contributed by atoms with Crippen LogP contribution in [0.1, 0.15) is 13.3 Å². The van der Waals surface area contributed by atoms with Gasteiger partial charge in [-0.05, 0) is 6.92 Å². The highest BCUT2D eigenvalue weighted by atomic mass is 16.4. The van der Waals surface area contributed by atoms with Crippen LogP contribution in [0, 0.1) is 5.41 Å². The number of aliphatic hydroxyl groups excluding tert-OH is 2. The monoisotopic (exact) mass is 176 g/mol. The van der Waals surface area contributed by atoms with Gasteiger partial charge in [0.15, 0.2) is 0 Å². The van der Waals surface area contributed by atoms with E-state index < -0.39 is 24.6 Å². The van der Waals surface area contributed by atoms with E-state index in [2.05, 4.69) is 0 Å². The molecule has 0 unspecified atom stereocenters. The molecule has 70 valence electrons. The lowest BCUT2D eigenvalue weighted by atomic mass is 9.85. The van der Waals surface area contributed by atoms with Crippen LogP contribution in [0.25, 0.3) is 0 Å². The van der Waals surface area contributed by atoms with Crippen molar-refractivity contribution in [2.75, 3.05) is 13.2 Å². The van der Waals surface area contributed by atoms with E-state index in [1.165, 1.54) is 6.92 Å². The number of carboxylic acids is 1. The Bertz CT molecular complexity index is 182. The second-order valence-electron chi connectivity index (χ2n) is 2.78. The van der Waals surface area contributed by atoms with Gasteiger partial charge < -0.3 is 15.3 Å². The maximum Gasteiger partial charge on any atom is 0.314 e.